The van der Waals surface area contributed by atoms with Crippen molar-refractivity contribution >= 4 is 59.5 Å². The summed E-state index contributed by atoms with van der Waals surface area (Å²) in [6.07, 6.45) is 2.17. The minimum Gasteiger partial charge on any atom is -0.469 e. The predicted octanol–water partition coefficient (Wildman–Crippen LogP) is 9.53. The van der Waals surface area contributed by atoms with Crippen LogP contribution in [0, 0.1) is 41.4 Å². The molecule has 0 radical (unpaired) electrons. The summed E-state index contributed by atoms with van der Waals surface area (Å²) in [6.45, 7) is 14.4. The van der Waals surface area contributed by atoms with Crippen LogP contribution in [0.25, 0.3) is 0 Å². The molecular formula is C85H104O29. The summed E-state index contributed by atoms with van der Waals surface area (Å²) < 4.78 is 89.0. The van der Waals surface area contributed by atoms with Crippen LogP contribution in [0.5, 0.6) is 17.2 Å². The summed E-state index contributed by atoms with van der Waals surface area (Å²) in [5, 5.41) is 18.3. The zero-order valence-electron chi connectivity index (χ0n) is 65.6. The number of ether oxygens (including phenoxy) is 17. The SMILES string of the molecule is CC(=O)C1CCC(C(=O)Oc2ccccc2)CC1.CC(=O)Oc1ccccc1.CC(=O)c1ccc(C(=O)Oc2ccccc2)cc1.COC(=O)C1CCC(C(=O)OC2COC3C(C)COC23)CC1.COC(=O)OC1COC2C(C)COC12.COC(=O)c1ccc(C(=O)OC2COC3C(C)COC23)cc1.OC1COC2C(O)COC12. The molecule has 10 fully saturated rings. The lowest BCUT2D eigenvalue weighted by Crippen LogP contribution is -2.36. The molecular weight excluding hydrogens is 1480 g/mol. The molecule has 0 bridgehead atoms. The zero-order chi connectivity index (χ0) is 82.0. The lowest BCUT2D eigenvalue weighted by molar-refractivity contribution is -0.161. The highest BCUT2D eigenvalue weighted by atomic mass is 16.7. The van der Waals surface area contributed by atoms with Crippen LogP contribution < -0.4 is 14.2 Å². The van der Waals surface area contributed by atoms with Crippen molar-refractivity contribution in [2.24, 2.45) is 41.4 Å². The molecule has 0 aromatic heterocycles. The Morgan fingerprint density at radius 1 is 0.316 bits per heavy atom. The van der Waals surface area contributed by atoms with E-state index in [1.54, 1.807) is 91.9 Å². The molecule has 2 N–H and O–H groups in total. The molecule has 8 saturated heterocycles. The van der Waals surface area contributed by atoms with Gasteiger partial charge in [-0.3, -0.25) is 28.8 Å². The molecule has 16 unspecified atom stereocenters. The Hall–Kier alpha value is -9.40. The Labute approximate surface area is 662 Å². The van der Waals surface area contributed by atoms with Gasteiger partial charge >= 0.3 is 47.9 Å². The van der Waals surface area contributed by atoms with Crippen LogP contribution in [0.3, 0.4) is 0 Å². The number of methoxy groups -OCH3 is 3. The van der Waals surface area contributed by atoms with E-state index in [4.69, 9.17) is 81.3 Å². The summed E-state index contributed by atoms with van der Waals surface area (Å²) in [5.41, 5.74) is 1.76. The average Bonchev–Trinajstić information content (AvgIpc) is 1.28. The largest absolute Gasteiger partial charge is 0.508 e. The van der Waals surface area contributed by atoms with Gasteiger partial charge < -0.3 is 90.7 Å². The van der Waals surface area contributed by atoms with E-state index in [1.807, 2.05) is 42.5 Å². The van der Waals surface area contributed by atoms with Crippen LogP contribution in [0.1, 0.15) is 134 Å². The number of ketones is 2. The molecule has 5 aromatic rings. The Morgan fingerprint density at radius 2 is 0.658 bits per heavy atom. The Morgan fingerprint density at radius 3 is 1.05 bits per heavy atom. The maximum absolute atomic E-state index is 12.3. The van der Waals surface area contributed by atoms with Crippen molar-refractivity contribution in [3.63, 3.8) is 0 Å². The molecule has 618 valence electrons. The summed E-state index contributed by atoms with van der Waals surface area (Å²) in [6, 6.07) is 39.5. The predicted molar refractivity (Wildman–Crippen MR) is 403 cm³/mol. The van der Waals surface area contributed by atoms with Gasteiger partial charge in [0, 0.05) is 36.2 Å². The minimum atomic E-state index is -0.678. The first-order valence-electron chi connectivity index (χ1n) is 38.4. The van der Waals surface area contributed by atoms with Gasteiger partial charge in [0.25, 0.3) is 0 Å². The van der Waals surface area contributed by atoms with Gasteiger partial charge in [0.05, 0.1) is 127 Å². The third-order valence-corrected chi connectivity index (χ3v) is 20.9. The molecule has 114 heavy (non-hydrogen) atoms. The van der Waals surface area contributed by atoms with Crippen molar-refractivity contribution in [1.82, 2.24) is 0 Å². The Kier molecular flexibility index (Phi) is 34.1. The van der Waals surface area contributed by atoms with Gasteiger partial charge in [-0.25, -0.2) is 19.2 Å². The van der Waals surface area contributed by atoms with Crippen LogP contribution in [0.15, 0.2) is 140 Å². The number of esters is 7. The van der Waals surface area contributed by atoms with E-state index in [2.05, 4.69) is 30.2 Å². The number of benzene rings is 5. The quantitative estimate of drug-likeness (QED) is 0.0452. The standard InChI is InChI=1S/C16H24O6.C16H18O6.C15H18O3.C15H12O3.C9H14O5.C8H8O2.C6H10O4/c2*1-9-7-20-14-12(8-21-13(9)14)22-16(18)11-5-3-10(4-6-11)15(17)19-2;2*1-11(16)12-7-9-13(10-8-12)15(17)18-14-5-3-2-4-6-14;1-5-3-12-8-6(4-13-7(5)8)14-9(10)11-2;1-7(9)10-8-5-3-2-4-6-8;7-3-1-9-6-4(8)2-10-5(3)6/h9-14H,3-8H2,1-2H3;3-6,9,12-14H,7-8H2,1-2H3;2-6,12-13H,7-10H2,1H3;2-10H,1H3;5-8H,3-4H2,1-2H3;2-6H,1H3;3-8H,1-2H2. The lowest BCUT2D eigenvalue weighted by Gasteiger charge is -2.27. The van der Waals surface area contributed by atoms with E-state index in [0.717, 1.165) is 25.7 Å². The number of aliphatic hydroxyl groups is 2. The van der Waals surface area contributed by atoms with Gasteiger partial charge in [-0.1, -0.05) is 87.5 Å². The highest BCUT2D eigenvalue weighted by Gasteiger charge is 2.51. The molecule has 5 aromatic carbocycles. The summed E-state index contributed by atoms with van der Waals surface area (Å²) in [5.74, 6) is 0.682. The summed E-state index contributed by atoms with van der Waals surface area (Å²) in [4.78, 5) is 115. The van der Waals surface area contributed by atoms with Crippen molar-refractivity contribution in [3.05, 3.63) is 162 Å². The molecule has 0 amide bonds. The second-order valence-corrected chi connectivity index (χ2v) is 29.3. The Bertz CT molecular complexity index is 3900. The highest BCUT2D eigenvalue weighted by molar-refractivity contribution is 5.96. The third-order valence-electron chi connectivity index (χ3n) is 20.9. The lowest BCUT2D eigenvalue weighted by atomic mass is 9.80. The molecule has 2 aliphatic carbocycles. The summed E-state index contributed by atoms with van der Waals surface area (Å²) >= 11 is 0. The molecule has 15 rings (SSSR count). The fourth-order valence-corrected chi connectivity index (χ4v) is 14.5. The number of hydrogen-bond donors (Lipinski definition) is 2. The van der Waals surface area contributed by atoms with Crippen LogP contribution >= 0.6 is 0 Å². The number of aliphatic hydroxyl groups excluding tert-OH is 2. The van der Waals surface area contributed by atoms with E-state index < -0.39 is 36.3 Å². The smallest absolute Gasteiger partial charge is 0.469 e. The third kappa shape index (κ3) is 25.3. The van der Waals surface area contributed by atoms with Crippen LogP contribution in [-0.2, 0) is 90.3 Å². The molecule has 29 heteroatoms. The topological polar surface area (TPSA) is 368 Å². The van der Waals surface area contributed by atoms with Gasteiger partial charge in [-0.2, -0.15) is 0 Å². The zero-order valence-corrected chi connectivity index (χ0v) is 65.6. The van der Waals surface area contributed by atoms with Crippen LogP contribution in [-0.4, -0.2) is 223 Å². The van der Waals surface area contributed by atoms with Crippen LogP contribution in [0.4, 0.5) is 4.79 Å². The van der Waals surface area contributed by atoms with E-state index in [0.29, 0.717) is 123 Å². The number of fused-ring (bicyclic) bond motifs is 4. The molecule has 16 atom stereocenters. The van der Waals surface area contributed by atoms with E-state index in [1.165, 1.54) is 47.3 Å². The first kappa shape index (κ1) is 88.5. The highest BCUT2D eigenvalue weighted by Crippen LogP contribution is 2.38. The molecule has 2 saturated carbocycles. The van der Waals surface area contributed by atoms with Crippen molar-refractivity contribution in [2.75, 3.05) is 74.2 Å². The second-order valence-electron chi connectivity index (χ2n) is 29.3. The Balaban J connectivity index is 0.000000155. The fraction of sp³-hybridized carbons (Fsp3) is 0.529. The van der Waals surface area contributed by atoms with Crippen molar-refractivity contribution in [3.8, 4) is 17.2 Å². The first-order chi connectivity index (χ1) is 54.8. The number of carbonyl (C=O) groups is 10. The average molecular weight is 1590 g/mol. The molecule has 29 nitrogen and oxygen atoms in total. The van der Waals surface area contributed by atoms with Crippen molar-refractivity contribution < 1.29 is 139 Å². The molecule has 8 aliphatic heterocycles. The second kappa shape index (κ2) is 43.9. The number of hydrogen-bond acceptors (Lipinski definition) is 29. The van der Waals surface area contributed by atoms with Gasteiger partial charge in [0.1, 0.15) is 65.8 Å². The van der Waals surface area contributed by atoms with E-state index in [9.17, 15) is 47.9 Å². The fourth-order valence-electron chi connectivity index (χ4n) is 14.5. The van der Waals surface area contributed by atoms with Crippen molar-refractivity contribution in [2.45, 2.75) is 172 Å². The maximum atomic E-state index is 12.3. The number of Topliss-reactive ketones (excluding diaryl/α,β-unsaturated/α-hetero) is 2. The van der Waals surface area contributed by atoms with Crippen molar-refractivity contribution in [1.29, 1.82) is 0 Å². The molecule has 0 spiro atoms. The molecule has 10 aliphatic rings. The van der Waals surface area contributed by atoms with Gasteiger partial charge in [0.15, 0.2) is 24.1 Å². The van der Waals surface area contributed by atoms with Gasteiger partial charge in [-0.15, -0.1) is 0 Å². The maximum Gasteiger partial charge on any atom is 0.508 e. The van der Waals surface area contributed by atoms with E-state index >= 15 is 0 Å². The monoisotopic (exact) mass is 1590 g/mol. The summed E-state index contributed by atoms with van der Waals surface area (Å²) in [7, 11) is 4.00. The normalized spacial score (nSPS) is 29.4. The minimum absolute atomic E-state index is 0.000463. The number of para-hydroxylation sites is 3. The number of carbonyl (C=O) groups excluding carboxylic acids is 10. The van der Waals surface area contributed by atoms with Gasteiger partial charge in [-0.05, 0) is 138 Å². The molecule has 8 heterocycles. The first-order valence-corrected chi connectivity index (χ1v) is 38.4. The van der Waals surface area contributed by atoms with Crippen LogP contribution in [0.2, 0.25) is 0 Å². The van der Waals surface area contributed by atoms with Gasteiger partial charge in [0.2, 0.25) is 0 Å². The number of rotatable bonds is 14. The van der Waals surface area contributed by atoms with E-state index in [-0.39, 0.29) is 139 Å².